The fourth-order valence-electron chi connectivity index (χ4n) is 2.66. The Balaban J connectivity index is 1.92. The van der Waals surface area contributed by atoms with E-state index in [0.29, 0.717) is 29.4 Å². The molecule has 0 saturated carbocycles. The lowest BCUT2D eigenvalue weighted by molar-refractivity contribution is 0.0926. The molecule has 2 N–H and O–H groups in total. The molecular weight excluding hydrogens is 368 g/mol. The zero-order valence-corrected chi connectivity index (χ0v) is 15.7. The Bertz CT molecular complexity index is 1000. The van der Waals surface area contributed by atoms with Crippen LogP contribution in [0.3, 0.4) is 0 Å². The van der Waals surface area contributed by atoms with Crippen LogP contribution in [0.2, 0.25) is 5.02 Å². The van der Waals surface area contributed by atoms with E-state index in [4.69, 9.17) is 16.3 Å². The van der Waals surface area contributed by atoms with E-state index in [0.717, 1.165) is 5.56 Å². The molecule has 0 spiro atoms. The molecule has 1 aromatic carbocycles. The smallest absolute Gasteiger partial charge is 0.287 e. The number of hydrogen-bond acceptors (Lipinski definition) is 4. The van der Waals surface area contributed by atoms with E-state index in [1.54, 1.807) is 54.1 Å². The molecule has 3 aromatic rings. The van der Waals surface area contributed by atoms with E-state index in [-0.39, 0.29) is 17.4 Å². The summed E-state index contributed by atoms with van der Waals surface area (Å²) in [7, 11) is 1.55. The third-order valence-corrected chi connectivity index (χ3v) is 4.23. The number of nitrogens with zero attached hydrogens (tertiary/aromatic N) is 2. The Labute approximate surface area is 161 Å². The topological polar surface area (TPSA) is 84.7 Å². The van der Waals surface area contributed by atoms with Crippen molar-refractivity contribution < 1.29 is 14.3 Å². The van der Waals surface area contributed by atoms with Gasteiger partial charge in [-0.15, -0.1) is 0 Å². The number of aryl methyl sites for hydroxylation is 1. The summed E-state index contributed by atoms with van der Waals surface area (Å²) in [6.07, 6.45) is 1.69. The van der Waals surface area contributed by atoms with Crippen molar-refractivity contribution in [1.29, 1.82) is 0 Å². The first-order chi connectivity index (χ1) is 13.0. The van der Waals surface area contributed by atoms with Crippen LogP contribution in [0.5, 0.6) is 0 Å². The second-order valence-electron chi connectivity index (χ2n) is 5.90. The molecule has 140 valence electrons. The van der Waals surface area contributed by atoms with Gasteiger partial charge in [-0.2, -0.15) is 0 Å². The Hall–Kier alpha value is -2.90. The van der Waals surface area contributed by atoms with Crippen LogP contribution in [-0.4, -0.2) is 41.5 Å². The highest BCUT2D eigenvalue weighted by Crippen LogP contribution is 2.21. The van der Waals surface area contributed by atoms with Gasteiger partial charge in [0.2, 0.25) is 5.82 Å². The molecule has 2 heterocycles. The maximum Gasteiger partial charge on any atom is 0.287 e. The standard InChI is InChI=1S/C19H19ClN4O3/c1-12-11-13(20)6-7-14(12)22-18(25)16-15-5-3-4-9-24(15)17(23-16)19(26)21-8-10-27-2/h3-7,9,11H,8,10H2,1-2H3,(H,21,26)(H,22,25). The molecule has 2 aromatic heterocycles. The zero-order valence-electron chi connectivity index (χ0n) is 15.0. The minimum absolute atomic E-state index is 0.139. The van der Waals surface area contributed by atoms with Gasteiger partial charge in [-0.25, -0.2) is 4.98 Å². The molecule has 27 heavy (non-hydrogen) atoms. The number of fused-ring (bicyclic) bond motifs is 1. The number of nitrogens with one attached hydrogen (secondary N) is 2. The SMILES string of the molecule is COCCNC(=O)c1nc(C(=O)Nc2ccc(Cl)cc2C)c2ccccn12. The van der Waals surface area contributed by atoms with Gasteiger partial charge < -0.3 is 15.4 Å². The summed E-state index contributed by atoms with van der Waals surface area (Å²) in [6, 6.07) is 10.5. The van der Waals surface area contributed by atoms with Gasteiger partial charge in [-0.05, 0) is 42.8 Å². The summed E-state index contributed by atoms with van der Waals surface area (Å²) in [5.74, 6) is -0.644. The van der Waals surface area contributed by atoms with Gasteiger partial charge in [0.1, 0.15) is 0 Å². The minimum Gasteiger partial charge on any atom is -0.383 e. The maximum absolute atomic E-state index is 12.8. The van der Waals surface area contributed by atoms with Crippen LogP contribution < -0.4 is 10.6 Å². The number of anilines is 1. The van der Waals surface area contributed by atoms with Crippen molar-refractivity contribution in [3.8, 4) is 0 Å². The van der Waals surface area contributed by atoms with Crippen LogP contribution in [0.4, 0.5) is 5.69 Å². The summed E-state index contributed by atoms with van der Waals surface area (Å²) < 4.78 is 6.52. The number of ether oxygens (including phenoxy) is 1. The lowest BCUT2D eigenvalue weighted by Gasteiger charge is -2.07. The van der Waals surface area contributed by atoms with Gasteiger partial charge in [-0.3, -0.25) is 14.0 Å². The molecule has 2 amide bonds. The number of imidazole rings is 1. The Morgan fingerprint density at radius 2 is 2.04 bits per heavy atom. The first-order valence-corrected chi connectivity index (χ1v) is 8.71. The van der Waals surface area contributed by atoms with Crippen LogP contribution in [0.25, 0.3) is 5.52 Å². The Kier molecular flexibility index (Phi) is 5.73. The van der Waals surface area contributed by atoms with Gasteiger partial charge in [0.15, 0.2) is 5.69 Å². The van der Waals surface area contributed by atoms with Gasteiger partial charge >= 0.3 is 0 Å². The van der Waals surface area contributed by atoms with Crippen LogP contribution in [0.1, 0.15) is 26.7 Å². The van der Waals surface area contributed by atoms with Crippen LogP contribution >= 0.6 is 11.6 Å². The lowest BCUT2D eigenvalue weighted by atomic mass is 10.2. The number of aromatic nitrogens is 2. The molecule has 0 aliphatic carbocycles. The van der Waals surface area contributed by atoms with Crippen LogP contribution in [0, 0.1) is 6.92 Å². The number of benzene rings is 1. The van der Waals surface area contributed by atoms with Gasteiger partial charge in [0.25, 0.3) is 11.8 Å². The van der Waals surface area contributed by atoms with Crippen LogP contribution in [0.15, 0.2) is 42.6 Å². The maximum atomic E-state index is 12.8. The fraction of sp³-hybridized carbons (Fsp3) is 0.211. The van der Waals surface area contributed by atoms with Crippen molar-refractivity contribution in [3.05, 3.63) is 64.7 Å². The number of pyridine rings is 1. The second kappa shape index (κ2) is 8.20. The van der Waals surface area contributed by atoms with Crippen molar-refractivity contribution >= 4 is 34.6 Å². The number of rotatable bonds is 6. The van der Waals surface area contributed by atoms with Gasteiger partial charge in [0, 0.05) is 30.6 Å². The molecule has 7 nitrogen and oxygen atoms in total. The highest BCUT2D eigenvalue weighted by atomic mass is 35.5. The summed E-state index contributed by atoms with van der Waals surface area (Å²) in [5.41, 5.74) is 2.17. The number of halogens is 1. The molecule has 0 radical (unpaired) electrons. The first kappa shape index (κ1) is 18.9. The average Bonchev–Trinajstić information content (AvgIpc) is 3.04. The van der Waals surface area contributed by atoms with Crippen LogP contribution in [-0.2, 0) is 4.74 Å². The molecular formula is C19H19ClN4O3. The number of hydrogen-bond donors (Lipinski definition) is 2. The van der Waals surface area contributed by atoms with E-state index in [2.05, 4.69) is 15.6 Å². The fourth-order valence-corrected chi connectivity index (χ4v) is 2.89. The van der Waals surface area contributed by atoms with Crippen molar-refractivity contribution in [3.63, 3.8) is 0 Å². The summed E-state index contributed by atoms with van der Waals surface area (Å²) in [4.78, 5) is 29.5. The Morgan fingerprint density at radius 3 is 2.78 bits per heavy atom. The highest BCUT2D eigenvalue weighted by Gasteiger charge is 2.21. The van der Waals surface area contributed by atoms with E-state index in [1.807, 2.05) is 6.92 Å². The van der Waals surface area contributed by atoms with E-state index < -0.39 is 5.91 Å². The predicted molar refractivity (Wildman–Crippen MR) is 104 cm³/mol. The minimum atomic E-state index is -0.403. The molecule has 0 unspecified atom stereocenters. The summed E-state index contributed by atoms with van der Waals surface area (Å²) in [6.45, 7) is 2.59. The predicted octanol–water partition coefficient (Wildman–Crippen LogP) is 2.92. The number of carbonyl (C=O) groups excluding carboxylic acids is 2. The number of amides is 2. The van der Waals surface area contributed by atoms with E-state index in [1.165, 1.54) is 0 Å². The van der Waals surface area contributed by atoms with E-state index in [9.17, 15) is 9.59 Å². The number of carbonyl (C=O) groups is 2. The lowest BCUT2D eigenvalue weighted by Crippen LogP contribution is -2.28. The highest BCUT2D eigenvalue weighted by molar-refractivity contribution is 6.30. The molecule has 0 aliphatic rings. The van der Waals surface area contributed by atoms with Gasteiger partial charge in [0.05, 0.1) is 12.1 Å². The molecule has 0 atom stereocenters. The van der Waals surface area contributed by atoms with Crippen molar-refractivity contribution in [2.45, 2.75) is 6.92 Å². The molecule has 0 fully saturated rings. The third-order valence-electron chi connectivity index (χ3n) is 3.99. The molecule has 0 bridgehead atoms. The van der Waals surface area contributed by atoms with Crippen molar-refractivity contribution in [2.24, 2.45) is 0 Å². The first-order valence-electron chi connectivity index (χ1n) is 8.33. The molecule has 8 heteroatoms. The number of methoxy groups -OCH3 is 1. The monoisotopic (exact) mass is 386 g/mol. The van der Waals surface area contributed by atoms with Crippen molar-refractivity contribution in [2.75, 3.05) is 25.6 Å². The quantitative estimate of drug-likeness (QED) is 0.638. The largest absolute Gasteiger partial charge is 0.383 e. The average molecular weight is 387 g/mol. The second-order valence-corrected chi connectivity index (χ2v) is 6.34. The summed E-state index contributed by atoms with van der Waals surface area (Å²) in [5, 5.41) is 6.13. The molecule has 3 rings (SSSR count). The van der Waals surface area contributed by atoms with Crippen molar-refractivity contribution in [1.82, 2.24) is 14.7 Å². The third kappa shape index (κ3) is 4.10. The normalized spacial score (nSPS) is 10.8. The molecule has 0 aliphatic heterocycles. The Morgan fingerprint density at radius 1 is 1.22 bits per heavy atom. The van der Waals surface area contributed by atoms with Gasteiger partial charge in [-0.1, -0.05) is 17.7 Å². The summed E-state index contributed by atoms with van der Waals surface area (Å²) >= 11 is 5.96. The molecule has 0 saturated heterocycles. The van der Waals surface area contributed by atoms with E-state index >= 15 is 0 Å². The zero-order chi connectivity index (χ0) is 19.4.